The van der Waals surface area contributed by atoms with Crippen molar-refractivity contribution in [3.63, 3.8) is 0 Å². The monoisotopic (exact) mass is 255 g/mol. The Morgan fingerprint density at radius 1 is 1.21 bits per heavy atom. The van der Waals surface area contributed by atoms with Crippen LogP contribution in [0.2, 0.25) is 0 Å². The van der Waals surface area contributed by atoms with E-state index in [1.807, 2.05) is 24.3 Å². The molecule has 0 aliphatic rings. The van der Waals surface area contributed by atoms with E-state index in [1.165, 1.54) is 6.33 Å². The van der Waals surface area contributed by atoms with Crippen LogP contribution in [0.5, 0.6) is 0 Å². The highest BCUT2D eigenvalue weighted by atomic mass is 16.3. The molecule has 0 aliphatic carbocycles. The normalized spacial score (nSPS) is 10.8. The molecule has 1 aromatic carbocycles. The molecule has 0 bridgehead atoms. The van der Waals surface area contributed by atoms with E-state index in [9.17, 15) is 0 Å². The minimum atomic E-state index is 0.115. The fraction of sp³-hybridized carbons (Fsp3) is 0.154. The summed E-state index contributed by atoms with van der Waals surface area (Å²) in [4.78, 5) is 15.6. The van der Waals surface area contributed by atoms with E-state index in [-0.39, 0.29) is 6.61 Å². The van der Waals surface area contributed by atoms with Crippen molar-refractivity contribution in [1.82, 2.24) is 19.9 Å². The molecule has 6 heteroatoms. The lowest BCUT2D eigenvalue weighted by molar-refractivity contribution is 0.311. The van der Waals surface area contributed by atoms with E-state index < -0.39 is 0 Å². The molecule has 0 aliphatic heterocycles. The first-order valence-corrected chi connectivity index (χ1v) is 5.98. The maximum absolute atomic E-state index is 8.75. The quantitative estimate of drug-likeness (QED) is 0.656. The Balaban J connectivity index is 1.88. The van der Waals surface area contributed by atoms with Crippen LogP contribution < -0.4 is 5.32 Å². The van der Waals surface area contributed by atoms with Crippen molar-refractivity contribution in [2.75, 3.05) is 18.5 Å². The van der Waals surface area contributed by atoms with Gasteiger partial charge in [0.05, 0.1) is 12.8 Å². The number of imidazole rings is 1. The van der Waals surface area contributed by atoms with E-state index in [0.717, 1.165) is 22.6 Å². The van der Waals surface area contributed by atoms with Crippen LogP contribution in [-0.2, 0) is 0 Å². The van der Waals surface area contributed by atoms with Crippen LogP contribution in [0.3, 0.4) is 0 Å². The van der Waals surface area contributed by atoms with Crippen LogP contribution >= 0.6 is 0 Å². The minimum Gasteiger partial charge on any atom is -0.395 e. The number of anilines is 1. The Kier molecular flexibility index (Phi) is 3.07. The lowest BCUT2D eigenvalue weighted by Crippen LogP contribution is -2.04. The molecule has 0 saturated heterocycles. The largest absolute Gasteiger partial charge is 0.395 e. The zero-order valence-corrected chi connectivity index (χ0v) is 10.2. The highest BCUT2D eigenvalue weighted by Gasteiger charge is 2.05. The zero-order valence-electron chi connectivity index (χ0n) is 10.2. The Bertz CT molecular complexity index is 644. The Morgan fingerprint density at radius 3 is 2.79 bits per heavy atom. The van der Waals surface area contributed by atoms with Crippen molar-refractivity contribution in [2.24, 2.45) is 0 Å². The Morgan fingerprint density at radius 2 is 2.05 bits per heavy atom. The van der Waals surface area contributed by atoms with E-state index in [0.29, 0.717) is 12.2 Å². The van der Waals surface area contributed by atoms with Gasteiger partial charge in [-0.3, -0.25) is 0 Å². The molecule has 96 valence electrons. The van der Waals surface area contributed by atoms with E-state index in [4.69, 9.17) is 5.11 Å². The van der Waals surface area contributed by atoms with Crippen molar-refractivity contribution in [3.05, 3.63) is 36.8 Å². The van der Waals surface area contributed by atoms with Gasteiger partial charge < -0.3 is 15.4 Å². The van der Waals surface area contributed by atoms with Crippen LogP contribution in [-0.4, -0.2) is 38.2 Å². The summed E-state index contributed by atoms with van der Waals surface area (Å²) in [6.45, 7) is 0.656. The van der Waals surface area contributed by atoms with Gasteiger partial charge in [0.15, 0.2) is 5.65 Å². The molecule has 2 aromatic heterocycles. The second-order valence-corrected chi connectivity index (χ2v) is 4.07. The molecule has 2 heterocycles. The van der Waals surface area contributed by atoms with Crippen molar-refractivity contribution in [1.29, 1.82) is 0 Å². The average molecular weight is 255 g/mol. The number of aliphatic hydroxyl groups is 1. The number of aliphatic hydroxyl groups excluding tert-OH is 1. The predicted octanol–water partition coefficient (Wildman–Crippen LogP) is 1.42. The first-order chi connectivity index (χ1) is 9.36. The molecule has 19 heavy (non-hydrogen) atoms. The molecule has 3 aromatic rings. The summed E-state index contributed by atoms with van der Waals surface area (Å²) in [5.41, 5.74) is 3.42. The summed E-state index contributed by atoms with van der Waals surface area (Å²) in [5.74, 6) is 0.768. The standard InChI is InChI=1S/C13H13N5O/c19-6-5-15-10-3-1-9(2-4-10)12-17-11-7-14-8-16-13(11)18-12/h1-4,7-8,15,19H,5-6H2,(H,14,16,17,18). The van der Waals surface area contributed by atoms with Crippen LogP contribution in [0.4, 0.5) is 5.69 Å². The molecule has 0 radical (unpaired) electrons. The van der Waals surface area contributed by atoms with Crippen molar-refractivity contribution in [2.45, 2.75) is 0 Å². The average Bonchev–Trinajstić information content (AvgIpc) is 2.89. The van der Waals surface area contributed by atoms with Gasteiger partial charge in [0, 0.05) is 17.8 Å². The molecule has 0 spiro atoms. The summed E-state index contributed by atoms with van der Waals surface area (Å²) in [6.07, 6.45) is 3.19. The first-order valence-electron chi connectivity index (χ1n) is 5.98. The molecule has 0 atom stereocenters. The van der Waals surface area contributed by atoms with Gasteiger partial charge in [0.1, 0.15) is 17.7 Å². The number of rotatable bonds is 4. The number of H-pyrrole nitrogens is 1. The topological polar surface area (TPSA) is 86.7 Å². The molecule has 6 nitrogen and oxygen atoms in total. The zero-order chi connectivity index (χ0) is 13.1. The number of aromatic amines is 1. The molecule has 3 N–H and O–H groups in total. The fourth-order valence-corrected chi connectivity index (χ4v) is 1.84. The van der Waals surface area contributed by atoms with Gasteiger partial charge >= 0.3 is 0 Å². The third kappa shape index (κ3) is 2.38. The van der Waals surface area contributed by atoms with Crippen molar-refractivity contribution < 1.29 is 5.11 Å². The van der Waals surface area contributed by atoms with Gasteiger partial charge in [-0.05, 0) is 24.3 Å². The highest BCUT2D eigenvalue weighted by Crippen LogP contribution is 2.20. The SMILES string of the molecule is OCCNc1ccc(-c2nc3ncncc3[nH]2)cc1. The number of aromatic nitrogens is 4. The number of hydrogen-bond donors (Lipinski definition) is 3. The number of benzene rings is 1. The Hall–Kier alpha value is -2.47. The van der Waals surface area contributed by atoms with Gasteiger partial charge in [-0.1, -0.05) is 0 Å². The van der Waals surface area contributed by atoms with Crippen LogP contribution in [0.25, 0.3) is 22.6 Å². The van der Waals surface area contributed by atoms with Crippen LogP contribution in [0.1, 0.15) is 0 Å². The van der Waals surface area contributed by atoms with E-state index in [1.54, 1.807) is 6.20 Å². The summed E-state index contributed by atoms with van der Waals surface area (Å²) in [5, 5.41) is 11.8. The van der Waals surface area contributed by atoms with E-state index in [2.05, 4.69) is 25.3 Å². The lowest BCUT2D eigenvalue weighted by Gasteiger charge is -2.04. The number of hydrogen-bond acceptors (Lipinski definition) is 5. The second kappa shape index (κ2) is 5.03. The number of nitrogens with zero attached hydrogens (tertiary/aromatic N) is 3. The third-order valence-electron chi connectivity index (χ3n) is 2.76. The van der Waals surface area contributed by atoms with Gasteiger partial charge in [0.2, 0.25) is 0 Å². The van der Waals surface area contributed by atoms with Crippen LogP contribution in [0.15, 0.2) is 36.8 Å². The molecule has 0 saturated carbocycles. The molecule has 0 fully saturated rings. The number of nitrogens with one attached hydrogen (secondary N) is 2. The fourth-order valence-electron chi connectivity index (χ4n) is 1.84. The van der Waals surface area contributed by atoms with Gasteiger partial charge in [-0.25, -0.2) is 15.0 Å². The molecular formula is C13H13N5O. The maximum Gasteiger partial charge on any atom is 0.181 e. The summed E-state index contributed by atoms with van der Waals surface area (Å²) in [7, 11) is 0. The van der Waals surface area contributed by atoms with E-state index >= 15 is 0 Å². The molecule has 0 amide bonds. The smallest absolute Gasteiger partial charge is 0.181 e. The summed E-state index contributed by atoms with van der Waals surface area (Å²) < 4.78 is 0. The van der Waals surface area contributed by atoms with Crippen molar-refractivity contribution in [3.8, 4) is 11.4 Å². The lowest BCUT2D eigenvalue weighted by atomic mass is 10.2. The van der Waals surface area contributed by atoms with Crippen LogP contribution in [0, 0.1) is 0 Å². The van der Waals surface area contributed by atoms with Gasteiger partial charge in [-0.15, -0.1) is 0 Å². The summed E-state index contributed by atoms with van der Waals surface area (Å²) >= 11 is 0. The first kappa shape index (κ1) is 11.6. The highest BCUT2D eigenvalue weighted by molar-refractivity contribution is 5.75. The van der Waals surface area contributed by atoms with Crippen molar-refractivity contribution >= 4 is 16.9 Å². The summed E-state index contributed by atoms with van der Waals surface area (Å²) in [6, 6.07) is 7.82. The predicted molar refractivity (Wildman–Crippen MR) is 72.7 cm³/mol. The molecule has 3 rings (SSSR count). The second-order valence-electron chi connectivity index (χ2n) is 4.07. The number of fused-ring (bicyclic) bond motifs is 1. The minimum absolute atomic E-state index is 0.115. The molecule has 0 unspecified atom stereocenters. The van der Waals surface area contributed by atoms with Gasteiger partial charge in [-0.2, -0.15) is 0 Å². The maximum atomic E-state index is 8.75. The van der Waals surface area contributed by atoms with Gasteiger partial charge in [0.25, 0.3) is 0 Å². The third-order valence-corrected chi connectivity index (χ3v) is 2.76. The Labute approximate surface area is 109 Å². The molecular weight excluding hydrogens is 242 g/mol.